The smallest absolute Gasteiger partial charge is 0.300 e. The zero-order valence-electron chi connectivity index (χ0n) is 17.3. The van der Waals surface area contributed by atoms with Crippen LogP contribution in [0.1, 0.15) is 5.56 Å². The minimum absolute atomic E-state index is 0.383. The first kappa shape index (κ1) is 18.7. The Hall–Kier alpha value is -4.06. The first-order chi connectivity index (χ1) is 15.6. The Morgan fingerprint density at radius 3 is 2.25 bits per heavy atom. The van der Waals surface area contributed by atoms with E-state index in [2.05, 4.69) is 9.55 Å². The molecule has 0 spiro atoms. The molecule has 0 saturated heterocycles. The van der Waals surface area contributed by atoms with Crippen molar-refractivity contribution in [3.05, 3.63) is 103 Å². The lowest BCUT2D eigenvalue weighted by Crippen LogP contribution is -2.33. The van der Waals surface area contributed by atoms with Gasteiger partial charge in [0, 0.05) is 29.8 Å². The van der Waals surface area contributed by atoms with Crippen LogP contribution in [0.25, 0.3) is 39.7 Å². The van der Waals surface area contributed by atoms with Crippen LogP contribution in [0.2, 0.25) is 0 Å². The van der Waals surface area contributed by atoms with Crippen molar-refractivity contribution in [2.24, 2.45) is 7.05 Å². The summed E-state index contributed by atoms with van der Waals surface area (Å²) >= 11 is 0. The number of benzene rings is 3. The van der Waals surface area contributed by atoms with Gasteiger partial charge in [0.1, 0.15) is 23.7 Å². The third-order valence-electron chi connectivity index (χ3n) is 5.99. The molecule has 156 valence electrons. The van der Waals surface area contributed by atoms with E-state index in [0.29, 0.717) is 23.5 Å². The molecule has 3 aromatic carbocycles. The van der Waals surface area contributed by atoms with Gasteiger partial charge in [-0.15, -0.1) is 0 Å². The number of aromatic nitrogens is 4. The van der Waals surface area contributed by atoms with Gasteiger partial charge >= 0.3 is 0 Å². The Labute approximate surface area is 183 Å². The lowest BCUT2D eigenvalue weighted by atomic mass is 10.0. The molecule has 0 N–H and O–H groups in total. The van der Waals surface area contributed by atoms with Crippen LogP contribution in [-0.4, -0.2) is 14.1 Å². The summed E-state index contributed by atoms with van der Waals surface area (Å²) in [5, 5.41) is 0. The van der Waals surface area contributed by atoms with Crippen molar-refractivity contribution in [1.29, 1.82) is 0 Å². The largest absolute Gasteiger partial charge is 0.301 e. The zero-order chi connectivity index (χ0) is 21.8. The fourth-order valence-corrected chi connectivity index (χ4v) is 4.68. The number of halogens is 2. The maximum Gasteiger partial charge on any atom is 0.300 e. The molecule has 0 radical (unpaired) electrons. The van der Waals surface area contributed by atoms with Gasteiger partial charge in [-0.25, -0.2) is 18.3 Å². The molecule has 3 heterocycles. The first-order valence-electron chi connectivity index (χ1n) is 10.4. The van der Waals surface area contributed by atoms with Crippen molar-refractivity contribution in [1.82, 2.24) is 14.1 Å². The van der Waals surface area contributed by atoms with Gasteiger partial charge in [0.2, 0.25) is 5.82 Å². The molecule has 0 unspecified atom stereocenters. The van der Waals surface area contributed by atoms with E-state index in [1.165, 1.54) is 6.07 Å². The summed E-state index contributed by atoms with van der Waals surface area (Å²) in [6, 6.07) is 22.5. The molecule has 0 amide bonds. The summed E-state index contributed by atoms with van der Waals surface area (Å²) in [6.07, 6.45) is 3.49. The summed E-state index contributed by atoms with van der Waals surface area (Å²) in [7, 11) is 1.91. The van der Waals surface area contributed by atoms with Crippen LogP contribution in [0.4, 0.5) is 8.78 Å². The minimum atomic E-state index is -0.566. The monoisotopic (exact) mass is 425 g/mol. The molecule has 4 nitrogen and oxygen atoms in total. The first-order valence-corrected chi connectivity index (χ1v) is 10.4. The van der Waals surface area contributed by atoms with Crippen LogP contribution < -0.4 is 4.57 Å². The van der Waals surface area contributed by atoms with E-state index in [0.717, 1.165) is 34.4 Å². The van der Waals surface area contributed by atoms with Gasteiger partial charge in [0.15, 0.2) is 11.4 Å². The Kier molecular flexibility index (Phi) is 4.08. The van der Waals surface area contributed by atoms with Crippen molar-refractivity contribution in [3.63, 3.8) is 0 Å². The topological polar surface area (TPSA) is 26.6 Å². The van der Waals surface area contributed by atoms with E-state index < -0.39 is 11.6 Å². The fraction of sp³-hybridized carbons (Fsp3) is 0.0769. The van der Waals surface area contributed by atoms with Crippen LogP contribution in [0.3, 0.4) is 0 Å². The Morgan fingerprint density at radius 1 is 0.906 bits per heavy atom. The molecule has 2 aromatic heterocycles. The van der Waals surface area contributed by atoms with Crippen LogP contribution >= 0.6 is 0 Å². The number of fused-ring (bicyclic) bond motifs is 3. The van der Waals surface area contributed by atoms with Crippen LogP contribution in [0.15, 0.2) is 85.3 Å². The normalized spacial score (nSPS) is 12.1. The average molecular weight is 425 g/mol. The maximum atomic E-state index is 15.2. The highest BCUT2D eigenvalue weighted by Crippen LogP contribution is 2.41. The summed E-state index contributed by atoms with van der Waals surface area (Å²) < 4.78 is 35.3. The van der Waals surface area contributed by atoms with Crippen molar-refractivity contribution < 1.29 is 13.3 Å². The van der Waals surface area contributed by atoms with Crippen molar-refractivity contribution in [3.8, 4) is 39.7 Å². The van der Waals surface area contributed by atoms with Crippen molar-refractivity contribution in [2.45, 2.75) is 6.54 Å². The average Bonchev–Trinajstić information content (AvgIpc) is 3.46. The molecule has 0 aliphatic carbocycles. The summed E-state index contributed by atoms with van der Waals surface area (Å²) in [6.45, 7) is 0.383. The lowest BCUT2D eigenvalue weighted by molar-refractivity contribution is -0.660. The highest BCUT2D eigenvalue weighted by Gasteiger charge is 2.42. The van der Waals surface area contributed by atoms with Crippen LogP contribution in [0.5, 0.6) is 0 Å². The molecule has 0 saturated carbocycles. The van der Waals surface area contributed by atoms with E-state index in [9.17, 15) is 4.39 Å². The quantitative estimate of drug-likeness (QED) is 0.361. The van der Waals surface area contributed by atoms with Crippen molar-refractivity contribution >= 4 is 0 Å². The molecule has 0 bridgehead atoms. The minimum Gasteiger partial charge on any atom is -0.301 e. The Bertz CT molecular complexity index is 1470. The molecule has 1 aliphatic heterocycles. The van der Waals surface area contributed by atoms with E-state index in [4.69, 9.17) is 0 Å². The second-order valence-corrected chi connectivity index (χ2v) is 7.96. The molecule has 1 aliphatic rings. The van der Waals surface area contributed by atoms with Gasteiger partial charge in [0.25, 0.3) is 5.82 Å². The van der Waals surface area contributed by atoms with Gasteiger partial charge in [-0.2, -0.15) is 4.57 Å². The summed E-state index contributed by atoms with van der Waals surface area (Å²) in [4.78, 5) is 4.31. The van der Waals surface area contributed by atoms with Crippen molar-refractivity contribution in [2.75, 3.05) is 0 Å². The molecule has 6 heteroatoms. The number of aryl methyl sites for hydroxylation is 1. The number of nitrogens with zero attached hydrogens (tertiary/aromatic N) is 4. The summed E-state index contributed by atoms with van der Waals surface area (Å²) in [5.41, 5.74) is 4.94. The molecular formula is C26H19F2N4+. The van der Waals surface area contributed by atoms with E-state index in [1.807, 2.05) is 76.8 Å². The number of imidazole rings is 2. The van der Waals surface area contributed by atoms with Gasteiger partial charge in [-0.05, 0) is 6.07 Å². The third-order valence-corrected chi connectivity index (χ3v) is 5.99. The van der Waals surface area contributed by atoms with Gasteiger partial charge < -0.3 is 4.57 Å². The third kappa shape index (κ3) is 2.66. The second-order valence-electron chi connectivity index (χ2n) is 7.96. The predicted molar refractivity (Wildman–Crippen MR) is 118 cm³/mol. The molecule has 6 rings (SSSR count). The number of rotatable bonds is 3. The zero-order valence-corrected chi connectivity index (χ0v) is 17.3. The molecule has 32 heavy (non-hydrogen) atoms. The van der Waals surface area contributed by atoms with E-state index in [1.54, 1.807) is 12.5 Å². The SMILES string of the molecule is Cn1cncc1-n1c(-c2ccccc2)c(-c2ccccc2)[n+]2c1-c1c(F)cc(F)cc1C2. The summed E-state index contributed by atoms with van der Waals surface area (Å²) in [5.74, 6) is 0.347. The Balaban J connectivity index is 1.80. The predicted octanol–water partition coefficient (Wildman–Crippen LogP) is 5.14. The van der Waals surface area contributed by atoms with Crippen LogP contribution in [-0.2, 0) is 13.6 Å². The van der Waals surface area contributed by atoms with Gasteiger partial charge in [0.05, 0.1) is 12.5 Å². The Morgan fingerprint density at radius 2 is 1.59 bits per heavy atom. The van der Waals surface area contributed by atoms with Gasteiger partial charge in [-0.3, -0.25) is 0 Å². The second kappa shape index (κ2) is 6.99. The standard InChI is InChI=1S/C26H19F2N4/c1-30-16-29-14-22(30)32-25(18-10-6-3-7-11-18)24(17-8-4-2-5-9-17)31-15-19-12-20(27)13-21(28)23(19)26(31)32/h2-14,16H,15H2,1H3/q+1. The lowest BCUT2D eigenvalue weighted by Gasteiger charge is -2.08. The number of hydrogen-bond acceptors (Lipinski definition) is 1. The van der Waals surface area contributed by atoms with E-state index in [-0.39, 0.29) is 0 Å². The van der Waals surface area contributed by atoms with Gasteiger partial charge in [-0.1, -0.05) is 60.7 Å². The molecular weight excluding hydrogens is 406 g/mol. The molecule has 0 fully saturated rings. The highest BCUT2D eigenvalue weighted by atomic mass is 19.1. The highest BCUT2D eigenvalue weighted by molar-refractivity contribution is 5.82. The van der Waals surface area contributed by atoms with Crippen LogP contribution in [0, 0.1) is 11.6 Å². The fourth-order valence-electron chi connectivity index (χ4n) is 4.68. The molecule has 5 aromatic rings. The number of hydrogen-bond donors (Lipinski definition) is 0. The maximum absolute atomic E-state index is 15.2. The van der Waals surface area contributed by atoms with E-state index >= 15 is 4.39 Å². The molecule has 0 atom stereocenters.